The van der Waals surface area contributed by atoms with Crippen LogP contribution in [0.4, 0.5) is 5.69 Å². The number of rotatable bonds is 4. The van der Waals surface area contributed by atoms with Crippen molar-refractivity contribution in [2.45, 2.75) is 6.10 Å². The van der Waals surface area contributed by atoms with E-state index in [4.69, 9.17) is 0 Å². The van der Waals surface area contributed by atoms with Gasteiger partial charge in [-0.1, -0.05) is 46.3 Å². The quantitative estimate of drug-likeness (QED) is 0.902. The predicted molar refractivity (Wildman–Crippen MR) is 74.0 cm³/mol. The van der Waals surface area contributed by atoms with Gasteiger partial charge in [0.25, 0.3) is 0 Å². The Bertz CT molecular complexity index is 455. The lowest BCUT2D eigenvalue weighted by Crippen LogP contribution is -2.11. The molecule has 0 saturated carbocycles. The number of nitrogens with one attached hydrogen (secondary N) is 1. The van der Waals surface area contributed by atoms with Gasteiger partial charge in [-0.2, -0.15) is 0 Å². The molecule has 0 saturated heterocycles. The van der Waals surface area contributed by atoms with E-state index in [9.17, 15) is 5.11 Å². The van der Waals surface area contributed by atoms with Crippen molar-refractivity contribution >= 4 is 21.6 Å². The van der Waals surface area contributed by atoms with Gasteiger partial charge in [0.2, 0.25) is 0 Å². The molecule has 2 rings (SSSR count). The van der Waals surface area contributed by atoms with E-state index in [1.165, 1.54) is 0 Å². The lowest BCUT2D eigenvalue weighted by molar-refractivity contribution is 0.191. The Morgan fingerprint density at radius 3 is 2.29 bits per heavy atom. The molecule has 3 heteroatoms. The summed E-state index contributed by atoms with van der Waals surface area (Å²) in [6.07, 6.45) is -0.486. The Morgan fingerprint density at radius 2 is 1.65 bits per heavy atom. The molecule has 2 N–H and O–H groups in total. The van der Waals surface area contributed by atoms with Crippen LogP contribution >= 0.6 is 15.9 Å². The maximum Gasteiger partial charge on any atom is 0.0962 e. The smallest absolute Gasteiger partial charge is 0.0962 e. The second-order valence-electron chi connectivity index (χ2n) is 3.81. The molecule has 0 aromatic heterocycles. The Labute approximate surface area is 109 Å². The normalized spacial score (nSPS) is 12.1. The van der Waals surface area contributed by atoms with Gasteiger partial charge < -0.3 is 10.4 Å². The fourth-order valence-electron chi connectivity index (χ4n) is 1.58. The molecule has 0 radical (unpaired) electrons. The standard InChI is InChI=1S/C14H14BrNO/c15-12-6-8-13(9-7-12)16-10-14(17)11-4-2-1-3-5-11/h1-9,14,16-17H,10H2/t14-/m1/s1. The molecule has 0 spiro atoms. The van der Waals surface area contributed by atoms with Crippen molar-refractivity contribution in [1.29, 1.82) is 0 Å². The summed E-state index contributed by atoms with van der Waals surface area (Å²) in [7, 11) is 0. The van der Waals surface area contributed by atoms with Gasteiger partial charge in [0, 0.05) is 16.7 Å². The number of halogens is 1. The van der Waals surface area contributed by atoms with Gasteiger partial charge >= 0.3 is 0 Å². The van der Waals surface area contributed by atoms with E-state index in [1.807, 2.05) is 54.6 Å². The topological polar surface area (TPSA) is 32.3 Å². The zero-order valence-corrected chi connectivity index (χ0v) is 10.9. The fourth-order valence-corrected chi connectivity index (χ4v) is 1.84. The van der Waals surface area contributed by atoms with Crippen molar-refractivity contribution in [2.75, 3.05) is 11.9 Å². The van der Waals surface area contributed by atoms with Crippen LogP contribution in [0.2, 0.25) is 0 Å². The third kappa shape index (κ3) is 3.58. The zero-order chi connectivity index (χ0) is 12.1. The highest BCUT2D eigenvalue weighted by Gasteiger charge is 2.05. The van der Waals surface area contributed by atoms with Crippen LogP contribution in [0.15, 0.2) is 59.1 Å². The van der Waals surface area contributed by atoms with Crippen LogP contribution < -0.4 is 5.32 Å². The van der Waals surface area contributed by atoms with Crippen LogP contribution in [-0.2, 0) is 0 Å². The molecule has 0 amide bonds. The number of aliphatic hydroxyl groups is 1. The monoisotopic (exact) mass is 291 g/mol. The van der Waals surface area contributed by atoms with Crippen molar-refractivity contribution in [3.63, 3.8) is 0 Å². The van der Waals surface area contributed by atoms with Crippen LogP contribution in [0.5, 0.6) is 0 Å². The highest BCUT2D eigenvalue weighted by Crippen LogP contribution is 2.16. The van der Waals surface area contributed by atoms with Gasteiger partial charge in [-0.25, -0.2) is 0 Å². The minimum absolute atomic E-state index is 0.486. The summed E-state index contributed by atoms with van der Waals surface area (Å²) < 4.78 is 1.05. The molecule has 2 aromatic rings. The molecule has 0 fully saturated rings. The number of hydrogen-bond donors (Lipinski definition) is 2. The third-order valence-corrected chi connectivity index (χ3v) is 3.06. The van der Waals surface area contributed by atoms with Crippen molar-refractivity contribution in [3.8, 4) is 0 Å². The van der Waals surface area contributed by atoms with Gasteiger partial charge in [-0.15, -0.1) is 0 Å². The molecule has 88 valence electrons. The van der Waals surface area contributed by atoms with Gasteiger partial charge in [-0.3, -0.25) is 0 Å². The fraction of sp³-hybridized carbons (Fsp3) is 0.143. The van der Waals surface area contributed by atoms with E-state index in [0.717, 1.165) is 15.7 Å². The molecule has 0 bridgehead atoms. The largest absolute Gasteiger partial charge is 0.387 e. The molecule has 0 heterocycles. The van der Waals surface area contributed by atoms with Gasteiger partial charge in [0.15, 0.2) is 0 Å². The summed E-state index contributed by atoms with van der Waals surface area (Å²) in [5.74, 6) is 0. The Morgan fingerprint density at radius 1 is 1.00 bits per heavy atom. The molecular weight excluding hydrogens is 278 g/mol. The average Bonchev–Trinajstić information content (AvgIpc) is 2.39. The van der Waals surface area contributed by atoms with Crippen LogP contribution in [0.25, 0.3) is 0 Å². The lowest BCUT2D eigenvalue weighted by Gasteiger charge is -2.13. The minimum Gasteiger partial charge on any atom is -0.387 e. The molecule has 0 aliphatic heterocycles. The molecular formula is C14H14BrNO. The maximum absolute atomic E-state index is 9.96. The van der Waals surface area contributed by atoms with Crippen LogP contribution in [0, 0.1) is 0 Å². The second-order valence-corrected chi connectivity index (χ2v) is 4.73. The lowest BCUT2D eigenvalue weighted by atomic mass is 10.1. The summed E-state index contributed by atoms with van der Waals surface area (Å²) in [4.78, 5) is 0. The maximum atomic E-state index is 9.96. The van der Waals surface area contributed by atoms with Crippen LogP contribution in [-0.4, -0.2) is 11.7 Å². The Kier molecular flexibility index (Phi) is 4.18. The number of anilines is 1. The van der Waals surface area contributed by atoms with E-state index in [2.05, 4.69) is 21.2 Å². The molecule has 2 aromatic carbocycles. The second kappa shape index (κ2) is 5.84. The molecule has 0 aliphatic rings. The molecule has 17 heavy (non-hydrogen) atoms. The first kappa shape index (κ1) is 12.1. The van der Waals surface area contributed by atoms with Gasteiger partial charge in [-0.05, 0) is 29.8 Å². The number of aliphatic hydroxyl groups excluding tert-OH is 1. The van der Waals surface area contributed by atoms with Gasteiger partial charge in [0.05, 0.1) is 6.10 Å². The zero-order valence-electron chi connectivity index (χ0n) is 9.31. The predicted octanol–water partition coefficient (Wildman–Crippen LogP) is 3.59. The SMILES string of the molecule is O[C@H](CNc1ccc(Br)cc1)c1ccccc1. The minimum atomic E-state index is -0.486. The Hall–Kier alpha value is -1.32. The van der Waals surface area contributed by atoms with Gasteiger partial charge in [0.1, 0.15) is 0 Å². The van der Waals surface area contributed by atoms with E-state index in [1.54, 1.807) is 0 Å². The Balaban J connectivity index is 1.92. The van der Waals surface area contributed by atoms with E-state index < -0.39 is 6.10 Å². The molecule has 1 atom stereocenters. The van der Waals surface area contributed by atoms with E-state index >= 15 is 0 Å². The first-order valence-electron chi connectivity index (χ1n) is 5.48. The average molecular weight is 292 g/mol. The van der Waals surface area contributed by atoms with Crippen LogP contribution in [0.1, 0.15) is 11.7 Å². The van der Waals surface area contributed by atoms with Crippen molar-refractivity contribution in [1.82, 2.24) is 0 Å². The van der Waals surface area contributed by atoms with Crippen molar-refractivity contribution < 1.29 is 5.11 Å². The summed E-state index contributed by atoms with van der Waals surface area (Å²) in [6.45, 7) is 0.506. The summed E-state index contributed by atoms with van der Waals surface area (Å²) in [5, 5.41) is 13.2. The van der Waals surface area contributed by atoms with Crippen LogP contribution in [0.3, 0.4) is 0 Å². The highest BCUT2D eigenvalue weighted by molar-refractivity contribution is 9.10. The third-order valence-electron chi connectivity index (χ3n) is 2.53. The first-order valence-corrected chi connectivity index (χ1v) is 6.27. The highest BCUT2D eigenvalue weighted by atomic mass is 79.9. The molecule has 0 unspecified atom stereocenters. The summed E-state index contributed by atoms with van der Waals surface area (Å²) in [5.41, 5.74) is 1.93. The first-order chi connectivity index (χ1) is 8.25. The van der Waals surface area contributed by atoms with Crippen molar-refractivity contribution in [2.24, 2.45) is 0 Å². The van der Waals surface area contributed by atoms with E-state index in [-0.39, 0.29) is 0 Å². The number of benzene rings is 2. The molecule has 2 nitrogen and oxygen atoms in total. The summed E-state index contributed by atoms with van der Waals surface area (Å²) >= 11 is 3.39. The summed E-state index contributed by atoms with van der Waals surface area (Å²) in [6, 6.07) is 17.5. The molecule has 0 aliphatic carbocycles. The van der Waals surface area contributed by atoms with Crippen molar-refractivity contribution in [3.05, 3.63) is 64.6 Å². The number of hydrogen-bond acceptors (Lipinski definition) is 2. The van der Waals surface area contributed by atoms with E-state index in [0.29, 0.717) is 6.54 Å².